The van der Waals surface area contributed by atoms with Gasteiger partial charge >= 0.3 is 0 Å². The molecule has 0 bridgehead atoms. The molecule has 142 valence electrons. The Bertz CT molecular complexity index is 667. The van der Waals surface area contributed by atoms with E-state index in [4.69, 9.17) is 15.1 Å². The number of piperidine rings is 1. The molecular formula is C19H28N4O3. The van der Waals surface area contributed by atoms with Gasteiger partial charge in [-0.1, -0.05) is 23.3 Å². The molecule has 2 rings (SSSR count). The minimum absolute atomic E-state index is 0.231. The van der Waals surface area contributed by atoms with Gasteiger partial charge < -0.3 is 9.53 Å². The molecule has 0 unspecified atom stereocenters. The number of carbonyl (C=O) groups excluding carboxylic acids is 1. The van der Waals surface area contributed by atoms with Crippen LogP contribution in [0.25, 0.3) is 10.4 Å². The van der Waals surface area contributed by atoms with Crippen LogP contribution in [0.1, 0.15) is 58.6 Å². The van der Waals surface area contributed by atoms with Crippen LogP contribution >= 0.6 is 0 Å². The summed E-state index contributed by atoms with van der Waals surface area (Å²) in [5.74, 6) is 0.553. The second-order valence-corrected chi connectivity index (χ2v) is 7.87. The summed E-state index contributed by atoms with van der Waals surface area (Å²) in [5, 5.41) is 5.75. The van der Waals surface area contributed by atoms with Crippen molar-refractivity contribution in [1.29, 1.82) is 0 Å². The molecule has 0 N–H and O–H groups in total. The molecule has 7 nitrogen and oxygen atoms in total. The Morgan fingerprint density at radius 1 is 1.23 bits per heavy atom. The number of azide groups is 1. The molecule has 7 heteroatoms. The fourth-order valence-electron chi connectivity index (χ4n) is 3.81. The molecule has 0 saturated carbocycles. The Kier molecular flexibility index (Phi) is 6.29. The highest BCUT2D eigenvalue weighted by Gasteiger charge is 2.44. The number of methoxy groups -OCH3 is 1. The molecule has 1 heterocycles. The summed E-state index contributed by atoms with van der Waals surface area (Å²) in [5.41, 5.74) is 9.21. The van der Waals surface area contributed by atoms with Crippen LogP contribution in [0.2, 0.25) is 0 Å². The monoisotopic (exact) mass is 360 g/mol. The van der Waals surface area contributed by atoms with Crippen molar-refractivity contribution in [1.82, 2.24) is 5.06 Å². The molecule has 1 aliphatic heterocycles. The van der Waals surface area contributed by atoms with E-state index in [1.165, 1.54) is 0 Å². The van der Waals surface area contributed by atoms with Crippen molar-refractivity contribution in [3.8, 4) is 5.75 Å². The van der Waals surface area contributed by atoms with Crippen molar-refractivity contribution in [2.75, 3.05) is 7.11 Å². The average Bonchev–Trinajstić information content (AvgIpc) is 2.59. The highest BCUT2D eigenvalue weighted by atomic mass is 16.7. The third-order valence-electron chi connectivity index (χ3n) is 4.98. The topological polar surface area (TPSA) is 87.5 Å². The first-order chi connectivity index (χ1) is 12.3. The second-order valence-electron chi connectivity index (χ2n) is 7.87. The Balaban J connectivity index is 2.40. The summed E-state index contributed by atoms with van der Waals surface area (Å²) >= 11 is 0. The molecule has 0 spiro atoms. The van der Waals surface area contributed by atoms with Gasteiger partial charge in [0.1, 0.15) is 17.9 Å². The van der Waals surface area contributed by atoms with Gasteiger partial charge in [-0.3, -0.25) is 4.84 Å². The number of rotatable bonds is 7. The fourth-order valence-corrected chi connectivity index (χ4v) is 3.81. The first kappa shape index (κ1) is 20.2. The standard InChI is InChI=1S/C19H28N4O3/c1-18(2)11-8-12-19(3,4)23(18)26-16(13-24)17(21-22-20)14-9-6-7-10-15(14)25-5/h6-7,9-10,13,16-17H,8,11-12H2,1-5H3/t16-,17+/m0/s1. The second kappa shape index (κ2) is 8.08. The van der Waals surface area contributed by atoms with Gasteiger partial charge in [0.2, 0.25) is 0 Å². The smallest absolute Gasteiger partial charge is 0.151 e. The maximum atomic E-state index is 11.9. The highest BCUT2D eigenvalue weighted by molar-refractivity contribution is 5.59. The molecule has 2 atom stereocenters. The summed E-state index contributed by atoms with van der Waals surface area (Å²) in [6.45, 7) is 8.39. The van der Waals surface area contributed by atoms with Crippen molar-refractivity contribution >= 4 is 6.29 Å². The van der Waals surface area contributed by atoms with Crippen molar-refractivity contribution in [2.24, 2.45) is 5.11 Å². The van der Waals surface area contributed by atoms with E-state index in [-0.39, 0.29) is 11.1 Å². The first-order valence-corrected chi connectivity index (χ1v) is 8.86. The molecule has 1 fully saturated rings. The normalized spacial score (nSPS) is 21.3. The van der Waals surface area contributed by atoms with Gasteiger partial charge in [-0.05, 0) is 58.6 Å². The minimum Gasteiger partial charge on any atom is -0.496 e. The van der Waals surface area contributed by atoms with Crippen molar-refractivity contribution < 1.29 is 14.4 Å². The largest absolute Gasteiger partial charge is 0.496 e. The third kappa shape index (κ3) is 4.18. The quantitative estimate of drug-likeness (QED) is 0.308. The van der Waals surface area contributed by atoms with E-state index in [0.29, 0.717) is 17.6 Å². The summed E-state index contributed by atoms with van der Waals surface area (Å²) in [6, 6.07) is 6.37. The van der Waals surface area contributed by atoms with Gasteiger partial charge in [0.15, 0.2) is 6.29 Å². The van der Waals surface area contributed by atoms with Crippen LogP contribution in [0.4, 0.5) is 0 Å². The molecule has 1 aromatic carbocycles. The zero-order valence-corrected chi connectivity index (χ0v) is 16.2. The lowest BCUT2D eigenvalue weighted by Gasteiger charge is -2.52. The van der Waals surface area contributed by atoms with Crippen LogP contribution < -0.4 is 4.74 Å². The summed E-state index contributed by atoms with van der Waals surface area (Å²) in [7, 11) is 1.54. The van der Waals surface area contributed by atoms with Crippen LogP contribution in [0.5, 0.6) is 5.75 Å². The molecule has 0 aromatic heterocycles. The Morgan fingerprint density at radius 3 is 2.38 bits per heavy atom. The molecular weight excluding hydrogens is 332 g/mol. The van der Waals surface area contributed by atoms with Gasteiger partial charge in [0.05, 0.1) is 7.11 Å². The van der Waals surface area contributed by atoms with Gasteiger partial charge in [-0.15, -0.1) is 0 Å². The van der Waals surface area contributed by atoms with E-state index in [1.54, 1.807) is 19.2 Å². The highest BCUT2D eigenvalue weighted by Crippen LogP contribution is 2.40. The molecule has 1 saturated heterocycles. The minimum atomic E-state index is -0.946. The first-order valence-electron chi connectivity index (χ1n) is 8.86. The van der Waals surface area contributed by atoms with Crippen LogP contribution in [-0.2, 0) is 9.63 Å². The van der Waals surface area contributed by atoms with Crippen LogP contribution in [-0.4, -0.2) is 35.6 Å². The van der Waals surface area contributed by atoms with Gasteiger partial charge in [-0.2, -0.15) is 5.06 Å². The van der Waals surface area contributed by atoms with E-state index < -0.39 is 12.1 Å². The van der Waals surface area contributed by atoms with E-state index in [2.05, 4.69) is 37.7 Å². The Hall–Kier alpha value is -2.08. The number of hydrogen-bond donors (Lipinski definition) is 0. The lowest BCUT2D eigenvalue weighted by Crippen LogP contribution is -2.59. The van der Waals surface area contributed by atoms with Crippen molar-refractivity contribution in [3.05, 3.63) is 40.3 Å². The fraction of sp³-hybridized carbons (Fsp3) is 0.632. The van der Waals surface area contributed by atoms with Crippen molar-refractivity contribution in [2.45, 2.75) is 70.2 Å². The zero-order valence-electron chi connectivity index (χ0n) is 16.2. The zero-order chi connectivity index (χ0) is 19.4. The molecule has 0 radical (unpaired) electrons. The van der Waals surface area contributed by atoms with E-state index >= 15 is 0 Å². The Morgan fingerprint density at radius 2 is 1.85 bits per heavy atom. The average molecular weight is 360 g/mol. The van der Waals surface area contributed by atoms with E-state index in [1.807, 2.05) is 17.2 Å². The van der Waals surface area contributed by atoms with Crippen LogP contribution in [0, 0.1) is 0 Å². The number of benzene rings is 1. The molecule has 0 aliphatic carbocycles. The van der Waals surface area contributed by atoms with E-state index in [9.17, 15) is 4.79 Å². The number of para-hydroxylation sites is 1. The SMILES string of the molecule is COc1ccccc1[C@@H](N=[N+]=[N-])[C@H](C=O)ON1C(C)(C)CCCC1(C)C. The van der Waals surface area contributed by atoms with Gasteiger partial charge in [0.25, 0.3) is 0 Å². The van der Waals surface area contributed by atoms with Crippen LogP contribution in [0.15, 0.2) is 29.4 Å². The lowest BCUT2D eigenvalue weighted by molar-refractivity contribution is -0.299. The summed E-state index contributed by atoms with van der Waals surface area (Å²) in [4.78, 5) is 21.0. The number of aldehydes is 1. The molecule has 26 heavy (non-hydrogen) atoms. The number of hydrogen-bond acceptors (Lipinski definition) is 5. The number of hydroxylamine groups is 2. The molecule has 0 amide bonds. The maximum absolute atomic E-state index is 11.9. The maximum Gasteiger partial charge on any atom is 0.151 e. The number of nitrogens with zero attached hydrogens (tertiary/aromatic N) is 4. The summed E-state index contributed by atoms with van der Waals surface area (Å²) < 4.78 is 5.37. The summed E-state index contributed by atoms with van der Waals surface area (Å²) in [6.07, 6.45) is 2.77. The van der Waals surface area contributed by atoms with Crippen LogP contribution in [0.3, 0.4) is 0 Å². The molecule has 1 aromatic rings. The van der Waals surface area contributed by atoms with Crippen molar-refractivity contribution in [3.63, 3.8) is 0 Å². The predicted molar refractivity (Wildman–Crippen MR) is 99.7 cm³/mol. The number of ether oxygens (including phenoxy) is 1. The predicted octanol–water partition coefficient (Wildman–Crippen LogP) is 4.59. The number of carbonyl (C=O) groups is 1. The molecule has 1 aliphatic rings. The third-order valence-corrected chi connectivity index (χ3v) is 4.98. The Labute approximate surface area is 154 Å². The van der Waals surface area contributed by atoms with Gasteiger partial charge in [-0.25, -0.2) is 0 Å². The lowest BCUT2D eigenvalue weighted by atomic mass is 9.82. The van der Waals surface area contributed by atoms with E-state index in [0.717, 1.165) is 19.3 Å². The van der Waals surface area contributed by atoms with Gasteiger partial charge in [0, 0.05) is 21.6 Å².